The SMILES string of the molecule is CCOC(=O)Cc1csc(NN=Cc2ccc(Br)c(F)c2CBr)n1. The smallest absolute Gasteiger partial charge is 0.311 e. The van der Waals surface area contributed by atoms with Crippen molar-refractivity contribution in [1.29, 1.82) is 0 Å². The summed E-state index contributed by atoms with van der Waals surface area (Å²) in [4.78, 5) is 15.6. The van der Waals surface area contributed by atoms with Crippen LogP contribution in [-0.2, 0) is 21.3 Å². The number of nitrogens with one attached hydrogen (secondary N) is 1. The third kappa shape index (κ3) is 5.09. The normalized spacial score (nSPS) is 11.0. The summed E-state index contributed by atoms with van der Waals surface area (Å²) in [6.07, 6.45) is 1.65. The number of carbonyl (C=O) groups is 1. The minimum Gasteiger partial charge on any atom is -0.466 e. The Kier molecular flexibility index (Phi) is 7.32. The molecule has 2 aromatic rings. The number of anilines is 1. The van der Waals surface area contributed by atoms with E-state index in [0.29, 0.717) is 38.4 Å². The number of hydrogen-bond donors (Lipinski definition) is 1. The van der Waals surface area contributed by atoms with E-state index < -0.39 is 0 Å². The summed E-state index contributed by atoms with van der Waals surface area (Å²) in [5.74, 6) is -0.632. The second kappa shape index (κ2) is 9.24. The molecule has 5 nitrogen and oxygen atoms in total. The molecule has 9 heteroatoms. The Labute approximate surface area is 159 Å². The summed E-state index contributed by atoms with van der Waals surface area (Å²) in [7, 11) is 0. The van der Waals surface area contributed by atoms with Crippen LogP contribution in [0.15, 0.2) is 27.1 Å². The highest BCUT2D eigenvalue weighted by atomic mass is 79.9. The number of rotatable bonds is 7. The van der Waals surface area contributed by atoms with Crippen LogP contribution in [-0.4, -0.2) is 23.8 Å². The molecule has 0 saturated heterocycles. The lowest BCUT2D eigenvalue weighted by Gasteiger charge is -2.05. The molecule has 0 saturated carbocycles. The van der Waals surface area contributed by atoms with E-state index in [4.69, 9.17) is 4.74 Å². The van der Waals surface area contributed by atoms with Crippen LogP contribution >= 0.6 is 43.2 Å². The van der Waals surface area contributed by atoms with Gasteiger partial charge in [0.2, 0.25) is 5.13 Å². The van der Waals surface area contributed by atoms with Crippen molar-refractivity contribution < 1.29 is 13.9 Å². The Morgan fingerprint density at radius 2 is 2.33 bits per heavy atom. The van der Waals surface area contributed by atoms with E-state index in [9.17, 15) is 9.18 Å². The van der Waals surface area contributed by atoms with Gasteiger partial charge in [-0.3, -0.25) is 10.2 Å². The molecule has 0 amide bonds. The number of thiazole rings is 1. The topological polar surface area (TPSA) is 63.6 Å². The second-order valence-corrected chi connectivity index (χ2v) is 6.83. The first-order valence-corrected chi connectivity index (χ1v) is 9.76. The van der Waals surface area contributed by atoms with Crippen molar-refractivity contribution >= 4 is 60.5 Å². The van der Waals surface area contributed by atoms with Crippen molar-refractivity contribution in [3.8, 4) is 0 Å². The van der Waals surface area contributed by atoms with Crippen LogP contribution in [0.2, 0.25) is 0 Å². The van der Waals surface area contributed by atoms with Crippen molar-refractivity contribution in [2.45, 2.75) is 18.7 Å². The van der Waals surface area contributed by atoms with Gasteiger partial charge < -0.3 is 4.74 Å². The molecule has 24 heavy (non-hydrogen) atoms. The molecule has 0 aliphatic heterocycles. The third-order valence-corrected chi connectivity index (χ3v) is 4.88. The van der Waals surface area contributed by atoms with Crippen LogP contribution in [0.1, 0.15) is 23.7 Å². The Morgan fingerprint density at radius 1 is 1.54 bits per heavy atom. The fourth-order valence-electron chi connectivity index (χ4n) is 1.82. The molecule has 1 N–H and O–H groups in total. The number of carbonyl (C=O) groups excluding carboxylic acids is 1. The van der Waals surface area contributed by atoms with E-state index in [1.165, 1.54) is 17.6 Å². The van der Waals surface area contributed by atoms with Gasteiger partial charge in [-0.25, -0.2) is 9.37 Å². The van der Waals surface area contributed by atoms with E-state index in [-0.39, 0.29) is 18.2 Å². The van der Waals surface area contributed by atoms with Crippen molar-refractivity contribution in [1.82, 2.24) is 4.98 Å². The second-order valence-electron chi connectivity index (χ2n) is 4.56. The van der Waals surface area contributed by atoms with Gasteiger partial charge in [0.05, 0.1) is 29.4 Å². The van der Waals surface area contributed by atoms with Crippen molar-refractivity contribution in [2.75, 3.05) is 12.0 Å². The van der Waals surface area contributed by atoms with Crippen LogP contribution in [0.5, 0.6) is 0 Å². The van der Waals surface area contributed by atoms with Crippen LogP contribution in [0.25, 0.3) is 0 Å². The van der Waals surface area contributed by atoms with Gasteiger partial charge in [0.25, 0.3) is 0 Å². The van der Waals surface area contributed by atoms with E-state index in [1.807, 2.05) is 0 Å². The first kappa shape index (κ1) is 19.0. The lowest BCUT2D eigenvalue weighted by atomic mass is 10.1. The first-order valence-electron chi connectivity index (χ1n) is 6.97. The maximum Gasteiger partial charge on any atom is 0.311 e. The van der Waals surface area contributed by atoms with Crippen LogP contribution in [0, 0.1) is 5.82 Å². The molecular formula is C15H14Br2FN3O2S. The maximum atomic E-state index is 14.0. The molecule has 0 aliphatic rings. The number of alkyl halides is 1. The fraction of sp³-hybridized carbons (Fsp3) is 0.267. The summed E-state index contributed by atoms with van der Waals surface area (Å²) in [6.45, 7) is 2.10. The van der Waals surface area contributed by atoms with Gasteiger partial charge in [-0.2, -0.15) is 5.10 Å². The van der Waals surface area contributed by atoms with Crippen molar-refractivity contribution in [2.24, 2.45) is 5.10 Å². The number of nitrogens with zero attached hydrogens (tertiary/aromatic N) is 2. The van der Waals surface area contributed by atoms with Crippen LogP contribution in [0.4, 0.5) is 9.52 Å². The standard InChI is InChI=1S/C15H14Br2FN3O2S/c1-2-23-13(22)5-10-8-24-15(20-10)21-19-7-9-3-4-12(17)14(18)11(9)6-16/h3-4,7-8H,2,5-6H2,1H3,(H,20,21). The summed E-state index contributed by atoms with van der Waals surface area (Å²) < 4.78 is 19.3. The van der Waals surface area contributed by atoms with E-state index in [2.05, 4.69) is 47.4 Å². The van der Waals surface area contributed by atoms with E-state index >= 15 is 0 Å². The first-order chi connectivity index (χ1) is 11.5. The number of halogens is 3. The number of aromatic nitrogens is 1. The molecule has 1 aromatic carbocycles. The van der Waals surface area contributed by atoms with Gasteiger partial charge in [-0.05, 0) is 28.9 Å². The molecule has 1 heterocycles. The Balaban J connectivity index is 2.01. The Morgan fingerprint density at radius 3 is 3.04 bits per heavy atom. The molecule has 0 spiro atoms. The zero-order valence-electron chi connectivity index (χ0n) is 12.7. The highest BCUT2D eigenvalue weighted by molar-refractivity contribution is 9.10. The number of ether oxygens (including phenoxy) is 1. The highest BCUT2D eigenvalue weighted by Crippen LogP contribution is 2.23. The summed E-state index contributed by atoms with van der Waals surface area (Å²) in [6, 6.07) is 3.40. The molecule has 1 aromatic heterocycles. The van der Waals surface area contributed by atoms with Gasteiger partial charge in [-0.15, -0.1) is 11.3 Å². The molecule has 0 aliphatic carbocycles. The lowest BCUT2D eigenvalue weighted by Crippen LogP contribution is -2.07. The largest absolute Gasteiger partial charge is 0.466 e. The number of esters is 1. The average molecular weight is 479 g/mol. The molecule has 128 valence electrons. The maximum absolute atomic E-state index is 14.0. The quantitative estimate of drug-likeness (QED) is 0.275. The Bertz CT molecular complexity index is 752. The van der Waals surface area contributed by atoms with Gasteiger partial charge in [0, 0.05) is 21.8 Å². The minimum atomic E-state index is -0.318. The molecule has 0 fully saturated rings. The average Bonchev–Trinajstić information content (AvgIpc) is 2.98. The summed E-state index contributed by atoms with van der Waals surface area (Å²) >= 11 is 7.76. The molecular weight excluding hydrogens is 465 g/mol. The van der Waals surface area contributed by atoms with Gasteiger partial charge in [-0.1, -0.05) is 22.0 Å². The molecule has 2 rings (SSSR count). The predicted molar refractivity (Wildman–Crippen MR) is 100 cm³/mol. The van der Waals surface area contributed by atoms with Gasteiger partial charge in [0.15, 0.2) is 0 Å². The fourth-order valence-corrected chi connectivity index (χ4v) is 3.42. The molecule has 0 radical (unpaired) electrons. The zero-order valence-corrected chi connectivity index (χ0v) is 16.7. The minimum absolute atomic E-state index is 0.126. The number of hydrazone groups is 1. The van der Waals surface area contributed by atoms with E-state index in [0.717, 1.165) is 0 Å². The Hall–Kier alpha value is -1.32. The highest BCUT2D eigenvalue weighted by Gasteiger charge is 2.10. The van der Waals surface area contributed by atoms with Crippen molar-refractivity contribution in [3.63, 3.8) is 0 Å². The zero-order chi connectivity index (χ0) is 17.5. The van der Waals surface area contributed by atoms with Crippen LogP contribution < -0.4 is 5.43 Å². The molecule has 0 atom stereocenters. The summed E-state index contributed by atoms with van der Waals surface area (Å²) in [5, 5.41) is 6.76. The third-order valence-electron chi connectivity index (χ3n) is 2.91. The predicted octanol–water partition coefficient (Wildman–Crippen LogP) is 4.49. The van der Waals surface area contributed by atoms with Gasteiger partial charge in [0.1, 0.15) is 5.82 Å². The van der Waals surface area contributed by atoms with Crippen molar-refractivity contribution in [3.05, 3.63) is 44.6 Å². The van der Waals surface area contributed by atoms with E-state index in [1.54, 1.807) is 24.4 Å². The number of hydrogen-bond acceptors (Lipinski definition) is 6. The van der Waals surface area contributed by atoms with Gasteiger partial charge >= 0.3 is 5.97 Å². The molecule has 0 unspecified atom stereocenters. The molecule has 0 bridgehead atoms. The monoisotopic (exact) mass is 477 g/mol. The summed E-state index contributed by atoms with van der Waals surface area (Å²) in [5.41, 5.74) is 4.56. The number of benzene rings is 1. The lowest BCUT2D eigenvalue weighted by molar-refractivity contribution is -0.142. The van der Waals surface area contributed by atoms with Crippen LogP contribution in [0.3, 0.4) is 0 Å².